The monoisotopic (exact) mass is 298 g/mol. The lowest BCUT2D eigenvalue weighted by Gasteiger charge is -2.09. The molecule has 2 rings (SSSR count). The largest absolute Gasteiger partial charge is 0.419 e. The maximum atomic E-state index is 12.5. The van der Waals surface area contributed by atoms with E-state index in [0.29, 0.717) is 22.9 Å². The molecule has 0 unspecified atom stereocenters. The fourth-order valence-electron chi connectivity index (χ4n) is 1.63. The molecular weight excluding hydrogens is 285 g/mol. The normalized spacial score (nSPS) is 11.7. The molecule has 0 spiro atoms. The second-order valence-corrected chi connectivity index (χ2v) is 4.68. The molecule has 1 N–H and O–H groups in total. The quantitative estimate of drug-likeness (QED) is 0.946. The van der Waals surface area contributed by atoms with Gasteiger partial charge in [-0.2, -0.15) is 18.3 Å². The van der Waals surface area contributed by atoms with Crippen molar-refractivity contribution >= 4 is 11.7 Å². The Bertz CT molecular complexity index is 649. The molecule has 0 aliphatic carbocycles. The molecule has 0 saturated carbocycles. The van der Waals surface area contributed by atoms with Crippen molar-refractivity contribution in [2.75, 3.05) is 5.32 Å². The lowest BCUT2D eigenvalue weighted by molar-refractivity contribution is -0.137. The number of nitrogens with zero attached hydrogens (tertiary/aromatic N) is 3. The number of hydrogen-bond acceptors (Lipinski definition) is 4. The first-order valence-corrected chi connectivity index (χ1v) is 6.17. The van der Waals surface area contributed by atoms with Crippen LogP contribution in [0.5, 0.6) is 0 Å². The molecule has 0 aromatic carbocycles. The van der Waals surface area contributed by atoms with Crippen LogP contribution in [-0.4, -0.2) is 26.7 Å². The van der Waals surface area contributed by atoms with Gasteiger partial charge in [-0.15, -0.1) is 0 Å². The van der Waals surface area contributed by atoms with Crippen molar-refractivity contribution in [3.05, 3.63) is 41.9 Å². The van der Waals surface area contributed by atoms with Crippen molar-refractivity contribution in [2.45, 2.75) is 26.1 Å². The van der Waals surface area contributed by atoms with Gasteiger partial charge in [-0.25, -0.2) is 9.67 Å². The van der Waals surface area contributed by atoms with Gasteiger partial charge in [0.15, 0.2) is 0 Å². The van der Waals surface area contributed by atoms with Crippen LogP contribution in [0, 0.1) is 0 Å². The summed E-state index contributed by atoms with van der Waals surface area (Å²) in [6.07, 6.45) is -3.28. The molecule has 2 heterocycles. The SMILES string of the molecule is CC(C)Nc1cccc(C(=O)n2cc(C(F)(F)F)cn2)n1. The third-order valence-electron chi connectivity index (χ3n) is 2.52. The van der Waals surface area contributed by atoms with Crippen molar-refractivity contribution in [1.29, 1.82) is 0 Å². The Morgan fingerprint density at radius 1 is 1.33 bits per heavy atom. The molecular formula is C13H13F3N4O. The average Bonchev–Trinajstić information content (AvgIpc) is 2.86. The highest BCUT2D eigenvalue weighted by molar-refractivity contribution is 5.93. The van der Waals surface area contributed by atoms with Crippen molar-refractivity contribution < 1.29 is 18.0 Å². The van der Waals surface area contributed by atoms with Gasteiger partial charge in [0.25, 0.3) is 5.91 Å². The maximum Gasteiger partial charge on any atom is 0.419 e. The number of halogens is 3. The van der Waals surface area contributed by atoms with E-state index in [1.165, 1.54) is 6.07 Å². The zero-order valence-electron chi connectivity index (χ0n) is 11.3. The van der Waals surface area contributed by atoms with Gasteiger partial charge in [-0.05, 0) is 26.0 Å². The van der Waals surface area contributed by atoms with Crippen LogP contribution < -0.4 is 5.32 Å². The van der Waals surface area contributed by atoms with Crippen LogP contribution in [0.25, 0.3) is 0 Å². The van der Waals surface area contributed by atoms with E-state index in [1.54, 1.807) is 12.1 Å². The van der Waals surface area contributed by atoms with Crippen LogP contribution >= 0.6 is 0 Å². The second-order valence-electron chi connectivity index (χ2n) is 4.68. The number of hydrogen-bond donors (Lipinski definition) is 1. The minimum absolute atomic E-state index is 0.0116. The zero-order valence-corrected chi connectivity index (χ0v) is 11.3. The van der Waals surface area contributed by atoms with Gasteiger partial charge in [0.1, 0.15) is 11.5 Å². The molecule has 0 radical (unpaired) electrons. The summed E-state index contributed by atoms with van der Waals surface area (Å²) in [5.74, 6) is -0.253. The predicted octanol–water partition coefficient (Wildman–Crippen LogP) is 2.81. The van der Waals surface area contributed by atoms with E-state index in [9.17, 15) is 18.0 Å². The molecule has 2 aromatic rings. The number of aromatic nitrogens is 3. The summed E-state index contributed by atoms with van der Waals surface area (Å²) in [6, 6.07) is 4.80. The lowest BCUT2D eigenvalue weighted by atomic mass is 10.3. The van der Waals surface area contributed by atoms with Gasteiger partial charge in [0.05, 0.1) is 11.8 Å². The first-order valence-electron chi connectivity index (χ1n) is 6.17. The summed E-state index contributed by atoms with van der Waals surface area (Å²) in [5.41, 5.74) is -0.968. The Hall–Kier alpha value is -2.38. The Labute approximate surface area is 118 Å². The molecule has 21 heavy (non-hydrogen) atoms. The maximum absolute atomic E-state index is 12.5. The fraction of sp³-hybridized carbons (Fsp3) is 0.308. The highest BCUT2D eigenvalue weighted by Crippen LogP contribution is 2.28. The van der Waals surface area contributed by atoms with Crippen LogP contribution in [0.1, 0.15) is 29.9 Å². The number of carbonyl (C=O) groups is 1. The molecule has 5 nitrogen and oxygen atoms in total. The first kappa shape index (κ1) is 15.0. The Morgan fingerprint density at radius 3 is 2.62 bits per heavy atom. The van der Waals surface area contributed by atoms with Crippen molar-refractivity contribution in [3.8, 4) is 0 Å². The zero-order chi connectivity index (χ0) is 15.6. The molecule has 2 aromatic heterocycles. The third kappa shape index (κ3) is 3.59. The van der Waals surface area contributed by atoms with Crippen LogP contribution in [0.4, 0.5) is 19.0 Å². The number of anilines is 1. The molecule has 8 heteroatoms. The van der Waals surface area contributed by atoms with Crippen LogP contribution in [-0.2, 0) is 6.18 Å². The van der Waals surface area contributed by atoms with E-state index < -0.39 is 17.6 Å². The second kappa shape index (κ2) is 5.55. The Balaban J connectivity index is 2.26. The molecule has 0 fully saturated rings. The minimum Gasteiger partial charge on any atom is -0.368 e. The summed E-state index contributed by atoms with van der Waals surface area (Å²) in [4.78, 5) is 16.1. The number of rotatable bonds is 3. The van der Waals surface area contributed by atoms with Gasteiger partial charge >= 0.3 is 6.18 Å². The van der Waals surface area contributed by atoms with E-state index in [4.69, 9.17) is 0 Å². The van der Waals surface area contributed by atoms with Gasteiger partial charge in [-0.1, -0.05) is 6.07 Å². The number of nitrogens with one attached hydrogen (secondary N) is 1. The van der Waals surface area contributed by atoms with Gasteiger partial charge in [0.2, 0.25) is 0 Å². The number of carbonyl (C=O) groups excluding carboxylic acids is 1. The van der Waals surface area contributed by atoms with E-state index in [2.05, 4.69) is 15.4 Å². The molecule has 0 atom stereocenters. The average molecular weight is 298 g/mol. The predicted molar refractivity (Wildman–Crippen MR) is 70.0 cm³/mol. The van der Waals surface area contributed by atoms with Crippen molar-refractivity contribution in [1.82, 2.24) is 14.8 Å². The van der Waals surface area contributed by atoms with Crippen LogP contribution in [0.3, 0.4) is 0 Å². The highest BCUT2D eigenvalue weighted by atomic mass is 19.4. The Morgan fingerprint density at radius 2 is 2.05 bits per heavy atom. The van der Waals surface area contributed by atoms with Gasteiger partial charge in [0, 0.05) is 12.2 Å². The summed E-state index contributed by atoms with van der Waals surface area (Å²) < 4.78 is 38.1. The lowest BCUT2D eigenvalue weighted by Crippen LogP contribution is -2.17. The van der Waals surface area contributed by atoms with Crippen LogP contribution in [0.2, 0.25) is 0 Å². The van der Waals surface area contributed by atoms with E-state index >= 15 is 0 Å². The summed E-state index contributed by atoms with van der Waals surface area (Å²) in [6.45, 7) is 3.80. The molecule has 0 aliphatic rings. The van der Waals surface area contributed by atoms with Crippen molar-refractivity contribution in [3.63, 3.8) is 0 Å². The minimum atomic E-state index is -4.53. The number of pyridine rings is 1. The van der Waals surface area contributed by atoms with Gasteiger partial charge < -0.3 is 5.32 Å². The Kier molecular flexibility index (Phi) is 3.97. The summed E-state index contributed by atoms with van der Waals surface area (Å²) >= 11 is 0. The smallest absolute Gasteiger partial charge is 0.368 e. The van der Waals surface area contributed by atoms with Crippen molar-refractivity contribution in [2.24, 2.45) is 0 Å². The van der Waals surface area contributed by atoms with E-state index in [-0.39, 0.29) is 11.7 Å². The summed E-state index contributed by atoms with van der Waals surface area (Å²) in [5, 5.41) is 6.44. The molecule has 112 valence electrons. The van der Waals surface area contributed by atoms with Gasteiger partial charge in [-0.3, -0.25) is 4.79 Å². The topological polar surface area (TPSA) is 59.8 Å². The standard InChI is InChI=1S/C13H13F3N4O/c1-8(2)18-11-5-3-4-10(19-11)12(21)20-7-9(6-17-20)13(14,15)16/h3-8H,1-2H3,(H,18,19). The van der Waals surface area contributed by atoms with E-state index in [1.807, 2.05) is 13.8 Å². The molecule has 0 bridgehead atoms. The molecule has 0 aliphatic heterocycles. The first-order chi connectivity index (χ1) is 9.77. The highest BCUT2D eigenvalue weighted by Gasteiger charge is 2.33. The molecule has 0 saturated heterocycles. The third-order valence-corrected chi connectivity index (χ3v) is 2.52. The summed E-state index contributed by atoms with van der Waals surface area (Å²) in [7, 11) is 0. The number of alkyl halides is 3. The molecule has 0 amide bonds. The van der Waals surface area contributed by atoms with E-state index in [0.717, 1.165) is 0 Å². The van der Waals surface area contributed by atoms with Crippen LogP contribution in [0.15, 0.2) is 30.6 Å². The fourth-order valence-corrected chi connectivity index (χ4v) is 1.63.